The van der Waals surface area contributed by atoms with Gasteiger partial charge in [-0.25, -0.2) is 4.39 Å². The lowest BCUT2D eigenvalue weighted by atomic mass is 9.94. The van der Waals surface area contributed by atoms with Crippen LogP contribution in [0.1, 0.15) is 21.3 Å². The summed E-state index contributed by atoms with van der Waals surface area (Å²) in [6.07, 6.45) is 0. The molecule has 9 heteroatoms. The van der Waals surface area contributed by atoms with Gasteiger partial charge in [0, 0.05) is 5.69 Å². The van der Waals surface area contributed by atoms with Crippen LogP contribution >= 0.6 is 11.3 Å². The topological polar surface area (TPSA) is 85.3 Å². The number of rotatable bonds is 7. The Bertz CT molecular complexity index is 1230. The highest BCUT2D eigenvalue weighted by Gasteiger charge is 2.45. The second-order valence-electron chi connectivity index (χ2n) is 7.08. The minimum absolute atomic E-state index is 0.124. The molecule has 0 spiro atoms. The maximum Gasteiger partial charge on any atom is 0.294 e. The fourth-order valence-electron chi connectivity index (χ4n) is 3.84. The Labute approximate surface area is 193 Å². The largest absolute Gasteiger partial charge is 0.503 e. The molecule has 0 fully saturated rings. The van der Waals surface area contributed by atoms with E-state index in [2.05, 4.69) is 0 Å². The van der Waals surface area contributed by atoms with Crippen molar-refractivity contribution in [3.8, 4) is 17.2 Å². The maximum atomic E-state index is 14.1. The molecule has 1 unspecified atom stereocenters. The quantitative estimate of drug-likeness (QED) is 0.505. The molecule has 33 heavy (non-hydrogen) atoms. The van der Waals surface area contributed by atoms with Gasteiger partial charge in [-0.15, -0.1) is 11.3 Å². The smallest absolute Gasteiger partial charge is 0.294 e. The number of Topliss-reactive ketones (excluding diaryl/α,β-unsaturated/α-hetero) is 1. The fraction of sp³-hybridized carbons (Fsp3) is 0.167. The van der Waals surface area contributed by atoms with Gasteiger partial charge in [0.15, 0.2) is 17.3 Å². The van der Waals surface area contributed by atoms with E-state index in [4.69, 9.17) is 14.2 Å². The number of aliphatic hydroxyl groups is 1. The number of hydrogen-bond acceptors (Lipinski definition) is 7. The van der Waals surface area contributed by atoms with Crippen LogP contribution in [0.4, 0.5) is 10.1 Å². The van der Waals surface area contributed by atoms with Crippen molar-refractivity contribution in [2.24, 2.45) is 0 Å². The van der Waals surface area contributed by atoms with Crippen LogP contribution in [0.15, 0.2) is 65.2 Å². The van der Waals surface area contributed by atoms with Crippen molar-refractivity contribution in [2.45, 2.75) is 6.04 Å². The van der Waals surface area contributed by atoms with Crippen LogP contribution in [-0.4, -0.2) is 38.1 Å². The van der Waals surface area contributed by atoms with Crippen molar-refractivity contribution in [3.63, 3.8) is 0 Å². The molecule has 7 nitrogen and oxygen atoms in total. The van der Waals surface area contributed by atoms with Gasteiger partial charge < -0.3 is 19.3 Å². The number of halogens is 1. The van der Waals surface area contributed by atoms with Gasteiger partial charge >= 0.3 is 0 Å². The second-order valence-corrected chi connectivity index (χ2v) is 8.03. The van der Waals surface area contributed by atoms with E-state index in [0.29, 0.717) is 27.7 Å². The van der Waals surface area contributed by atoms with Gasteiger partial charge in [-0.2, -0.15) is 0 Å². The zero-order valence-electron chi connectivity index (χ0n) is 18.0. The minimum Gasteiger partial charge on any atom is -0.503 e. The summed E-state index contributed by atoms with van der Waals surface area (Å²) in [7, 11) is 4.34. The zero-order chi connectivity index (χ0) is 23.7. The van der Waals surface area contributed by atoms with Crippen LogP contribution < -0.4 is 19.1 Å². The Hall–Kier alpha value is -3.85. The lowest BCUT2D eigenvalue weighted by Gasteiger charge is -2.28. The molecule has 0 radical (unpaired) electrons. The van der Waals surface area contributed by atoms with Crippen molar-refractivity contribution in [1.29, 1.82) is 0 Å². The third-order valence-electron chi connectivity index (χ3n) is 5.29. The number of carbonyl (C=O) groups is 2. The number of thiophene rings is 1. The van der Waals surface area contributed by atoms with Crippen LogP contribution in [-0.2, 0) is 4.79 Å². The van der Waals surface area contributed by atoms with Gasteiger partial charge in [-0.1, -0.05) is 12.1 Å². The summed E-state index contributed by atoms with van der Waals surface area (Å²) in [5.41, 5.74) is 0.464. The minimum atomic E-state index is -1.07. The molecule has 0 aliphatic carbocycles. The number of anilines is 1. The first-order chi connectivity index (χ1) is 15.9. The summed E-state index contributed by atoms with van der Waals surface area (Å²) in [6.45, 7) is 0. The molecule has 1 aliphatic rings. The first-order valence-corrected chi connectivity index (χ1v) is 10.7. The average molecular weight is 469 g/mol. The molecule has 1 N–H and O–H groups in total. The number of aliphatic hydroxyl groups excluding tert-OH is 1. The molecule has 1 aromatic heterocycles. The number of ether oxygens (including phenoxy) is 3. The summed E-state index contributed by atoms with van der Waals surface area (Å²) < 4.78 is 30.3. The molecule has 1 aliphatic heterocycles. The third-order valence-corrected chi connectivity index (χ3v) is 6.16. The van der Waals surface area contributed by atoms with E-state index in [1.54, 1.807) is 29.6 Å². The second kappa shape index (κ2) is 8.95. The van der Waals surface area contributed by atoms with Crippen molar-refractivity contribution < 1.29 is 33.3 Å². The zero-order valence-corrected chi connectivity index (χ0v) is 18.8. The van der Waals surface area contributed by atoms with E-state index >= 15 is 0 Å². The number of ketones is 1. The van der Waals surface area contributed by atoms with E-state index in [9.17, 15) is 19.1 Å². The monoisotopic (exact) mass is 469 g/mol. The van der Waals surface area contributed by atoms with Gasteiger partial charge in [0.1, 0.15) is 5.82 Å². The Kier molecular flexibility index (Phi) is 6.06. The molecule has 0 bridgehead atoms. The SMILES string of the molecule is COc1cc(C2C(C(=O)c3cccs3)=C(O)C(=O)N2c2cccc(F)c2)cc(OC)c1OC. The predicted octanol–water partition coefficient (Wildman–Crippen LogP) is 4.70. The normalized spacial score (nSPS) is 15.7. The van der Waals surface area contributed by atoms with Gasteiger partial charge in [0.2, 0.25) is 11.5 Å². The highest BCUT2D eigenvalue weighted by molar-refractivity contribution is 7.12. The van der Waals surface area contributed by atoms with Crippen LogP contribution in [0.5, 0.6) is 17.2 Å². The number of methoxy groups -OCH3 is 3. The molecule has 0 saturated heterocycles. The maximum absolute atomic E-state index is 14.1. The van der Waals surface area contributed by atoms with Crippen molar-refractivity contribution in [1.82, 2.24) is 0 Å². The summed E-state index contributed by atoms with van der Waals surface area (Å²) in [6, 6.07) is 10.8. The Morgan fingerprint density at radius 3 is 2.27 bits per heavy atom. The fourth-order valence-corrected chi connectivity index (χ4v) is 4.52. The molecular formula is C24H20FNO6S. The van der Waals surface area contributed by atoms with E-state index in [1.807, 2.05) is 0 Å². The summed E-state index contributed by atoms with van der Waals surface area (Å²) in [5.74, 6) is -1.67. The molecule has 2 heterocycles. The molecule has 170 valence electrons. The van der Waals surface area contributed by atoms with Crippen LogP contribution in [0.25, 0.3) is 0 Å². The molecule has 0 saturated carbocycles. The van der Waals surface area contributed by atoms with Crippen molar-refractivity contribution >= 4 is 28.7 Å². The molecule has 2 aromatic carbocycles. The number of hydrogen-bond donors (Lipinski definition) is 1. The van der Waals surface area contributed by atoms with Crippen LogP contribution in [0.2, 0.25) is 0 Å². The first kappa shape index (κ1) is 22.3. The number of carbonyl (C=O) groups excluding carboxylic acids is 2. The predicted molar refractivity (Wildman–Crippen MR) is 121 cm³/mol. The van der Waals surface area contributed by atoms with Gasteiger partial charge in [-0.05, 0) is 47.3 Å². The molecule has 1 atom stereocenters. The molecule has 3 aromatic rings. The Balaban J connectivity index is 1.96. The van der Waals surface area contributed by atoms with E-state index in [1.165, 1.54) is 55.8 Å². The third kappa shape index (κ3) is 3.80. The molecular weight excluding hydrogens is 449 g/mol. The Morgan fingerprint density at radius 2 is 1.73 bits per heavy atom. The average Bonchev–Trinajstić information content (AvgIpc) is 3.45. The van der Waals surface area contributed by atoms with Crippen LogP contribution in [0, 0.1) is 5.82 Å². The van der Waals surface area contributed by atoms with E-state index < -0.39 is 29.3 Å². The summed E-state index contributed by atoms with van der Waals surface area (Å²) in [5, 5.41) is 12.5. The number of benzene rings is 2. The molecule has 1 amide bonds. The molecule has 4 rings (SSSR count). The number of amides is 1. The first-order valence-electron chi connectivity index (χ1n) is 9.81. The van der Waals surface area contributed by atoms with Gasteiger partial charge in [-0.3, -0.25) is 14.5 Å². The lowest BCUT2D eigenvalue weighted by molar-refractivity contribution is -0.117. The van der Waals surface area contributed by atoms with E-state index in [0.717, 1.165) is 6.07 Å². The summed E-state index contributed by atoms with van der Waals surface area (Å²) >= 11 is 1.19. The van der Waals surface area contributed by atoms with Gasteiger partial charge in [0.05, 0.1) is 37.8 Å². The van der Waals surface area contributed by atoms with Gasteiger partial charge in [0.25, 0.3) is 5.91 Å². The van der Waals surface area contributed by atoms with Crippen LogP contribution in [0.3, 0.4) is 0 Å². The number of nitrogens with zero attached hydrogens (tertiary/aromatic N) is 1. The highest BCUT2D eigenvalue weighted by Crippen LogP contribution is 2.47. The van der Waals surface area contributed by atoms with Crippen molar-refractivity contribution in [3.05, 3.63) is 81.5 Å². The standard InChI is InChI=1S/C24H20FNO6S/c1-30-16-10-13(11-17(31-2)23(16)32-3)20-19(21(27)18-8-5-9-33-18)22(28)24(29)26(20)15-7-4-6-14(25)12-15/h4-12,20,28H,1-3H3. The van der Waals surface area contributed by atoms with E-state index in [-0.39, 0.29) is 11.3 Å². The van der Waals surface area contributed by atoms with Crippen molar-refractivity contribution in [2.75, 3.05) is 26.2 Å². The summed E-state index contributed by atoms with van der Waals surface area (Å²) in [4.78, 5) is 28.1. The Morgan fingerprint density at radius 1 is 1.03 bits per heavy atom. The highest BCUT2D eigenvalue weighted by atomic mass is 32.1. The lowest BCUT2D eigenvalue weighted by Crippen LogP contribution is -2.31.